The van der Waals surface area contributed by atoms with E-state index in [4.69, 9.17) is 9.15 Å². The summed E-state index contributed by atoms with van der Waals surface area (Å²) >= 11 is 1.56. The van der Waals surface area contributed by atoms with Gasteiger partial charge in [0.1, 0.15) is 11.8 Å². The van der Waals surface area contributed by atoms with Crippen LogP contribution < -0.4 is 5.32 Å². The third-order valence-corrected chi connectivity index (χ3v) is 8.59. The number of carbonyl (C=O) groups excluding carboxylic acids is 1. The van der Waals surface area contributed by atoms with Crippen molar-refractivity contribution in [3.05, 3.63) is 83.3 Å². The van der Waals surface area contributed by atoms with Crippen LogP contribution in [0.3, 0.4) is 0 Å². The molecule has 2 N–H and O–H groups in total. The minimum absolute atomic E-state index is 0.369. The summed E-state index contributed by atoms with van der Waals surface area (Å²) in [6.45, 7) is 3.07. The summed E-state index contributed by atoms with van der Waals surface area (Å²) in [6.07, 6.45) is 11.4. The van der Waals surface area contributed by atoms with Crippen molar-refractivity contribution in [1.82, 2.24) is 5.32 Å². The van der Waals surface area contributed by atoms with Crippen LogP contribution in [0.15, 0.2) is 65.3 Å². The second-order valence-electron chi connectivity index (χ2n) is 10.7. The van der Waals surface area contributed by atoms with E-state index in [2.05, 4.69) is 11.4 Å². The zero-order chi connectivity index (χ0) is 28.3. The van der Waals surface area contributed by atoms with Gasteiger partial charge in [0.2, 0.25) is 0 Å². The Hall–Kier alpha value is -3.03. The lowest BCUT2D eigenvalue weighted by atomic mass is 9.77. The predicted molar refractivity (Wildman–Crippen MR) is 161 cm³/mol. The third-order valence-electron chi connectivity index (χ3n) is 7.95. The van der Waals surface area contributed by atoms with Crippen molar-refractivity contribution in [3.63, 3.8) is 0 Å². The molecule has 1 saturated carbocycles. The van der Waals surface area contributed by atoms with Gasteiger partial charge in [-0.2, -0.15) is 11.8 Å². The minimum Gasteiger partial charge on any atom is -0.480 e. The molecule has 0 saturated heterocycles. The molecular weight excluding hydrogens is 522 g/mol. The van der Waals surface area contributed by atoms with E-state index >= 15 is 0 Å². The van der Waals surface area contributed by atoms with E-state index in [-0.39, 0.29) is 5.91 Å². The summed E-state index contributed by atoms with van der Waals surface area (Å²) < 4.78 is 12.0. The number of ether oxygens (including phenoxy) is 1. The predicted octanol–water partition coefficient (Wildman–Crippen LogP) is 7.46. The number of amides is 1. The summed E-state index contributed by atoms with van der Waals surface area (Å²) in [5.41, 5.74) is 4.20. The molecule has 1 aromatic heterocycles. The molecule has 0 radical (unpaired) electrons. The number of carboxylic acid groups (broad SMARTS) is 1. The van der Waals surface area contributed by atoms with Gasteiger partial charge >= 0.3 is 5.97 Å². The van der Waals surface area contributed by atoms with Crippen LogP contribution in [0.1, 0.15) is 78.1 Å². The Kier molecular flexibility index (Phi) is 11.3. The number of rotatable bonds is 14. The fourth-order valence-electron chi connectivity index (χ4n) is 5.76. The smallest absolute Gasteiger partial charge is 0.326 e. The normalized spacial score (nSPS) is 15.4. The number of hydrogen-bond donors (Lipinski definition) is 2. The number of aliphatic carboxylic acids is 1. The van der Waals surface area contributed by atoms with E-state index in [0.29, 0.717) is 42.8 Å². The highest BCUT2D eigenvalue weighted by molar-refractivity contribution is 7.98. The lowest BCUT2D eigenvalue weighted by Crippen LogP contribution is -2.41. The number of hydrogen-bond acceptors (Lipinski definition) is 5. The second-order valence-corrected chi connectivity index (χ2v) is 11.7. The lowest BCUT2D eigenvalue weighted by Gasteiger charge is -2.29. The number of benzene rings is 2. The molecule has 7 heteroatoms. The maximum absolute atomic E-state index is 13.3. The van der Waals surface area contributed by atoms with Crippen LogP contribution in [0.4, 0.5) is 0 Å². The average Bonchev–Trinajstić information content (AvgIpc) is 3.50. The number of carbonyl (C=O) groups is 2. The Morgan fingerprint density at radius 1 is 1.05 bits per heavy atom. The number of furan rings is 1. The maximum Gasteiger partial charge on any atom is 0.326 e. The Labute approximate surface area is 241 Å². The first-order chi connectivity index (χ1) is 19.5. The maximum atomic E-state index is 13.3. The number of carboxylic acids is 1. The molecule has 1 aliphatic carbocycles. The molecule has 1 fully saturated rings. The van der Waals surface area contributed by atoms with Crippen molar-refractivity contribution in [2.75, 3.05) is 18.6 Å². The van der Waals surface area contributed by atoms with Gasteiger partial charge in [-0.3, -0.25) is 4.79 Å². The average molecular weight is 564 g/mol. The van der Waals surface area contributed by atoms with Gasteiger partial charge in [0.15, 0.2) is 0 Å². The molecule has 0 bridgehead atoms. The van der Waals surface area contributed by atoms with Gasteiger partial charge in [0, 0.05) is 18.1 Å². The molecule has 6 nitrogen and oxygen atoms in total. The number of nitrogens with one attached hydrogen (secondary N) is 1. The molecule has 0 spiro atoms. The highest BCUT2D eigenvalue weighted by Gasteiger charge is 2.27. The van der Waals surface area contributed by atoms with Gasteiger partial charge in [-0.1, -0.05) is 49.6 Å². The Morgan fingerprint density at radius 3 is 2.55 bits per heavy atom. The molecule has 4 rings (SSSR count). The molecule has 1 unspecified atom stereocenters. The first kappa shape index (κ1) is 29.9. The monoisotopic (exact) mass is 563 g/mol. The van der Waals surface area contributed by atoms with Crippen molar-refractivity contribution in [2.45, 2.75) is 70.4 Å². The zero-order valence-electron chi connectivity index (χ0n) is 23.6. The van der Waals surface area contributed by atoms with Gasteiger partial charge < -0.3 is 19.6 Å². The van der Waals surface area contributed by atoms with Gasteiger partial charge in [0.25, 0.3) is 5.91 Å². The topological polar surface area (TPSA) is 88.8 Å². The molecule has 1 aliphatic rings. The fourth-order valence-corrected chi connectivity index (χ4v) is 6.23. The van der Waals surface area contributed by atoms with E-state index in [0.717, 1.165) is 34.4 Å². The summed E-state index contributed by atoms with van der Waals surface area (Å²) in [6, 6.07) is 16.7. The molecular formula is C33H41NO5S. The summed E-state index contributed by atoms with van der Waals surface area (Å²) in [7, 11) is 0. The van der Waals surface area contributed by atoms with E-state index in [1.165, 1.54) is 32.1 Å². The van der Waals surface area contributed by atoms with E-state index in [1.807, 2.05) is 55.6 Å². The largest absolute Gasteiger partial charge is 0.480 e. The van der Waals surface area contributed by atoms with Crippen molar-refractivity contribution in [2.24, 2.45) is 5.92 Å². The Balaban J connectivity index is 1.47. The van der Waals surface area contributed by atoms with Gasteiger partial charge in [0.05, 0.1) is 12.9 Å². The van der Waals surface area contributed by atoms with Crippen LogP contribution in [0, 0.1) is 12.8 Å². The highest BCUT2D eigenvalue weighted by atomic mass is 32.2. The zero-order valence-corrected chi connectivity index (χ0v) is 24.4. The van der Waals surface area contributed by atoms with Gasteiger partial charge in [-0.15, -0.1) is 0 Å². The number of thioether (sulfide) groups is 1. The quantitative estimate of drug-likeness (QED) is 0.198. The van der Waals surface area contributed by atoms with Crippen molar-refractivity contribution >= 4 is 23.6 Å². The first-order valence-electron chi connectivity index (χ1n) is 14.3. The molecule has 2 atom stereocenters. The van der Waals surface area contributed by atoms with Crippen molar-refractivity contribution < 1.29 is 23.8 Å². The summed E-state index contributed by atoms with van der Waals surface area (Å²) in [4.78, 5) is 25.1. The van der Waals surface area contributed by atoms with Crippen molar-refractivity contribution in [3.8, 4) is 11.1 Å². The molecule has 1 heterocycles. The summed E-state index contributed by atoms with van der Waals surface area (Å²) in [5, 5.41) is 12.4. The van der Waals surface area contributed by atoms with E-state index in [1.54, 1.807) is 24.1 Å². The molecule has 40 heavy (non-hydrogen) atoms. The molecule has 3 aromatic rings. The third kappa shape index (κ3) is 8.01. The standard InChI is InChI=1S/C33H41NO5S/c1-23-9-6-7-12-26(23)29-21-24(14-15-28(29)32(35)34-30(33(36)37)17-20-40-2)22-38-19-16-27(31-13-8-18-39-31)25-10-4-3-5-11-25/h6-9,12-15,18,21,25,27,30H,3-5,10-11,16-17,19-20,22H2,1-2H3,(H,34,35)(H,36,37)/t27?,30-/m0/s1. The van der Waals surface area contributed by atoms with E-state index in [9.17, 15) is 14.7 Å². The van der Waals surface area contributed by atoms with Gasteiger partial charge in [-0.05, 0) is 97.1 Å². The van der Waals surface area contributed by atoms with Crippen LogP contribution in [0.5, 0.6) is 0 Å². The van der Waals surface area contributed by atoms with Crippen molar-refractivity contribution in [1.29, 1.82) is 0 Å². The van der Waals surface area contributed by atoms with Crippen LogP contribution in [0.2, 0.25) is 0 Å². The summed E-state index contributed by atoms with van der Waals surface area (Å²) in [5.74, 6) is 1.32. The van der Waals surface area contributed by atoms with Crippen LogP contribution in [-0.2, 0) is 16.1 Å². The van der Waals surface area contributed by atoms with Crippen LogP contribution in [0.25, 0.3) is 11.1 Å². The molecule has 2 aromatic carbocycles. The first-order valence-corrected chi connectivity index (χ1v) is 15.7. The SMILES string of the molecule is CSCC[C@H](NC(=O)c1ccc(COCCC(c2ccco2)C2CCCCC2)cc1-c1ccccc1C)C(=O)O. The van der Waals surface area contributed by atoms with Crippen LogP contribution in [-0.4, -0.2) is 41.6 Å². The molecule has 0 aliphatic heterocycles. The fraction of sp³-hybridized carbons (Fsp3) is 0.455. The Morgan fingerprint density at radius 2 is 1.85 bits per heavy atom. The second kappa shape index (κ2) is 15.1. The molecule has 1 amide bonds. The van der Waals surface area contributed by atoms with Gasteiger partial charge in [-0.25, -0.2) is 4.79 Å². The van der Waals surface area contributed by atoms with Crippen LogP contribution >= 0.6 is 11.8 Å². The lowest BCUT2D eigenvalue weighted by molar-refractivity contribution is -0.139. The minimum atomic E-state index is -1.02. The molecule has 214 valence electrons. The van der Waals surface area contributed by atoms with E-state index < -0.39 is 12.0 Å². The number of aryl methyl sites for hydroxylation is 1. The highest BCUT2D eigenvalue weighted by Crippen LogP contribution is 2.38. The Bertz CT molecular complexity index is 1240.